The predicted octanol–water partition coefficient (Wildman–Crippen LogP) is 3.20. The van der Waals surface area contributed by atoms with Crippen LogP contribution in [0.25, 0.3) is 10.2 Å². The smallest absolute Gasteiger partial charge is 0.409 e. The third-order valence-corrected chi connectivity index (χ3v) is 6.33. The molecule has 0 aliphatic carbocycles. The van der Waals surface area contributed by atoms with E-state index in [1.807, 2.05) is 12.1 Å². The summed E-state index contributed by atoms with van der Waals surface area (Å²) in [7, 11) is 1.29. The van der Waals surface area contributed by atoms with Crippen LogP contribution in [0, 0.1) is 0 Å². The summed E-state index contributed by atoms with van der Waals surface area (Å²) in [5.74, 6) is -0.880. The Kier molecular flexibility index (Phi) is 6.90. The number of carbonyl (C=O) groups excluding carboxylic acids is 3. The highest BCUT2D eigenvalue weighted by Gasteiger charge is 2.25. The van der Waals surface area contributed by atoms with Crippen molar-refractivity contribution >= 4 is 45.2 Å². The summed E-state index contributed by atoms with van der Waals surface area (Å²) >= 11 is 1.16. The van der Waals surface area contributed by atoms with Crippen molar-refractivity contribution in [2.24, 2.45) is 0 Å². The van der Waals surface area contributed by atoms with Crippen LogP contribution in [0.15, 0.2) is 34.9 Å². The average molecular weight is 473 g/mol. The van der Waals surface area contributed by atoms with E-state index in [-0.39, 0.29) is 16.7 Å². The Morgan fingerprint density at radius 1 is 1.18 bits per heavy atom. The van der Waals surface area contributed by atoms with Crippen LogP contribution >= 0.6 is 11.3 Å². The first-order chi connectivity index (χ1) is 16.0. The van der Waals surface area contributed by atoms with E-state index >= 15 is 0 Å². The lowest BCUT2D eigenvalue weighted by Crippen LogP contribution is -2.48. The summed E-state index contributed by atoms with van der Waals surface area (Å²) in [6.45, 7) is 5.36. The molecule has 0 aromatic carbocycles. The zero-order valence-corrected chi connectivity index (χ0v) is 19.1. The molecule has 1 N–H and O–H groups in total. The van der Waals surface area contributed by atoms with Gasteiger partial charge in [-0.25, -0.2) is 14.6 Å². The zero-order chi connectivity index (χ0) is 23.4. The van der Waals surface area contributed by atoms with E-state index in [4.69, 9.17) is 18.9 Å². The van der Waals surface area contributed by atoms with Gasteiger partial charge in [-0.05, 0) is 31.2 Å². The minimum atomic E-state index is -0.551. The van der Waals surface area contributed by atoms with Crippen molar-refractivity contribution in [2.45, 2.75) is 13.5 Å². The van der Waals surface area contributed by atoms with Gasteiger partial charge in [-0.1, -0.05) is 0 Å². The Morgan fingerprint density at radius 3 is 2.64 bits per heavy atom. The number of methoxy groups -OCH3 is 1. The van der Waals surface area contributed by atoms with E-state index in [1.54, 1.807) is 24.0 Å². The molecule has 0 saturated carbocycles. The summed E-state index contributed by atoms with van der Waals surface area (Å²) in [5.41, 5.74) is 1.18. The van der Waals surface area contributed by atoms with E-state index in [2.05, 4.69) is 10.2 Å². The van der Waals surface area contributed by atoms with Crippen LogP contribution < -0.4 is 5.32 Å². The van der Waals surface area contributed by atoms with Crippen LogP contribution in [0.4, 0.5) is 10.5 Å². The summed E-state index contributed by atoms with van der Waals surface area (Å²) in [6, 6.07) is 6.87. The number of pyridine rings is 1. The zero-order valence-electron chi connectivity index (χ0n) is 18.3. The molecule has 11 heteroatoms. The molecule has 0 atom stereocenters. The third-order valence-electron chi connectivity index (χ3n) is 5.25. The van der Waals surface area contributed by atoms with Gasteiger partial charge < -0.3 is 24.1 Å². The number of aromatic nitrogens is 1. The highest BCUT2D eigenvalue weighted by Crippen LogP contribution is 2.36. The monoisotopic (exact) mass is 472 g/mol. The lowest BCUT2D eigenvalue weighted by Gasteiger charge is -2.33. The van der Waals surface area contributed by atoms with Crippen molar-refractivity contribution in [3.05, 3.63) is 46.9 Å². The number of amides is 2. The molecule has 4 rings (SSSR count). The maximum absolute atomic E-state index is 12.5. The molecule has 2 amide bonds. The Labute approximate surface area is 194 Å². The lowest BCUT2D eigenvalue weighted by molar-refractivity contribution is 0.0607. The van der Waals surface area contributed by atoms with Gasteiger partial charge in [0, 0.05) is 38.1 Å². The number of hydrogen-bond acceptors (Lipinski definition) is 9. The Balaban J connectivity index is 1.51. The molecule has 0 spiro atoms. The summed E-state index contributed by atoms with van der Waals surface area (Å²) < 4.78 is 15.1. The molecule has 4 heterocycles. The fourth-order valence-corrected chi connectivity index (χ4v) is 4.65. The number of furan rings is 1. The first-order valence-corrected chi connectivity index (χ1v) is 11.3. The molecule has 1 saturated heterocycles. The molecule has 1 aliphatic rings. The number of fused-ring (bicyclic) bond motifs is 1. The maximum Gasteiger partial charge on any atom is 0.409 e. The van der Waals surface area contributed by atoms with Gasteiger partial charge in [0.2, 0.25) is 0 Å². The Morgan fingerprint density at radius 2 is 1.97 bits per heavy atom. The number of hydrogen-bond donors (Lipinski definition) is 1. The van der Waals surface area contributed by atoms with Crippen molar-refractivity contribution in [1.82, 2.24) is 14.8 Å². The number of nitrogens with zero attached hydrogens (tertiary/aromatic N) is 3. The SMILES string of the molecule is CCOC(=O)N1CCN(Cc2ccc3c(NC(=O)c4ccco4)c(C(=O)OC)sc3n2)CC1. The molecule has 0 bridgehead atoms. The fourth-order valence-electron chi connectivity index (χ4n) is 3.58. The molecule has 3 aromatic heterocycles. The Bertz CT molecular complexity index is 1150. The van der Waals surface area contributed by atoms with E-state index < -0.39 is 11.9 Å². The molecular formula is C22H24N4O6S. The molecule has 1 fully saturated rings. The van der Waals surface area contributed by atoms with Crippen LogP contribution in [0.5, 0.6) is 0 Å². The van der Waals surface area contributed by atoms with E-state index in [0.717, 1.165) is 17.0 Å². The molecule has 10 nitrogen and oxygen atoms in total. The average Bonchev–Trinajstić information content (AvgIpc) is 3.48. The van der Waals surface area contributed by atoms with Crippen LogP contribution in [0.1, 0.15) is 32.8 Å². The predicted molar refractivity (Wildman–Crippen MR) is 121 cm³/mol. The number of esters is 1. The van der Waals surface area contributed by atoms with Crippen LogP contribution in [-0.4, -0.2) is 72.6 Å². The van der Waals surface area contributed by atoms with Gasteiger partial charge in [0.1, 0.15) is 9.71 Å². The van der Waals surface area contributed by atoms with Crippen molar-refractivity contribution in [1.29, 1.82) is 0 Å². The standard InChI is InChI=1S/C22H24N4O6S/c1-3-31-22(29)26-10-8-25(9-11-26)13-14-6-7-15-17(24-19(27)16-5-4-12-32-16)18(21(28)30-2)33-20(15)23-14/h4-7,12H,3,8-11,13H2,1-2H3,(H,24,27). The molecule has 174 valence electrons. The third kappa shape index (κ3) is 4.99. The summed E-state index contributed by atoms with van der Waals surface area (Å²) in [4.78, 5) is 46.2. The second-order valence-electron chi connectivity index (χ2n) is 7.35. The number of anilines is 1. The van der Waals surface area contributed by atoms with Gasteiger partial charge in [-0.2, -0.15) is 0 Å². The van der Waals surface area contributed by atoms with Gasteiger partial charge in [0.15, 0.2) is 5.76 Å². The van der Waals surface area contributed by atoms with Crippen LogP contribution in [0.3, 0.4) is 0 Å². The number of nitrogens with one attached hydrogen (secondary N) is 1. The van der Waals surface area contributed by atoms with Gasteiger partial charge in [-0.15, -0.1) is 11.3 Å². The maximum atomic E-state index is 12.5. The van der Waals surface area contributed by atoms with Gasteiger partial charge in [-0.3, -0.25) is 9.69 Å². The number of ether oxygens (including phenoxy) is 2. The molecule has 0 unspecified atom stereocenters. The highest BCUT2D eigenvalue weighted by molar-refractivity contribution is 7.21. The van der Waals surface area contributed by atoms with Crippen LogP contribution in [-0.2, 0) is 16.0 Å². The van der Waals surface area contributed by atoms with Crippen molar-refractivity contribution in [2.75, 3.05) is 45.2 Å². The quantitative estimate of drug-likeness (QED) is 0.544. The summed E-state index contributed by atoms with van der Waals surface area (Å²) in [5, 5.41) is 3.40. The van der Waals surface area contributed by atoms with E-state index in [9.17, 15) is 14.4 Å². The van der Waals surface area contributed by atoms with Gasteiger partial charge in [0.05, 0.1) is 31.4 Å². The number of piperazine rings is 1. The molecule has 0 radical (unpaired) electrons. The van der Waals surface area contributed by atoms with Crippen molar-refractivity contribution in [3.8, 4) is 0 Å². The first kappa shape index (κ1) is 22.7. The second-order valence-corrected chi connectivity index (χ2v) is 8.35. The summed E-state index contributed by atoms with van der Waals surface area (Å²) in [6.07, 6.45) is 1.12. The minimum absolute atomic E-state index is 0.136. The van der Waals surface area contributed by atoms with Crippen molar-refractivity contribution in [3.63, 3.8) is 0 Å². The molecular weight excluding hydrogens is 448 g/mol. The molecule has 1 aliphatic heterocycles. The van der Waals surface area contributed by atoms with Gasteiger partial charge in [0.25, 0.3) is 5.91 Å². The van der Waals surface area contributed by atoms with E-state index in [0.29, 0.717) is 55.2 Å². The molecule has 3 aromatic rings. The van der Waals surface area contributed by atoms with Crippen LogP contribution in [0.2, 0.25) is 0 Å². The first-order valence-electron chi connectivity index (χ1n) is 10.5. The van der Waals surface area contributed by atoms with Crippen molar-refractivity contribution < 1.29 is 28.3 Å². The normalized spacial score (nSPS) is 14.3. The minimum Gasteiger partial charge on any atom is -0.465 e. The lowest BCUT2D eigenvalue weighted by atomic mass is 10.2. The number of carbonyl (C=O) groups is 3. The fraction of sp³-hybridized carbons (Fsp3) is 0.364. The van der Waals surface area contributed by atoms with E-state index in [1.165, 1.54) is 13.4 Å². The number of thiophene rings is 1. The Hall–Kier alpha value is -3.44. The highest BCUT2D eigenvalue weighted by atomic mass is 32.1. The number of rotatable bonds is 6. The van der Waals surface area contributed by atoms with Gasteiger partial charge >= 0.3 is 12.1 Å². The second kappa shape index (κ2) is 10.0. The molecule has 33 heavy (non-hydrogen) atoms. The largest absolute Gasteiger partial charge is 0.465 e. The topological polar surface area (TPSA) is 114 Å².